The summed E-state index contributed by atoms with van der Waals surface area (Å²) in [7, 11) is -1.80. The molecular weight excluding hydrogens is 321 g/mol. The number of carboxylic acid groups (broad SMARTS) is 1. The second kappa shape index (κ2) is 5.77. The number of benzene rings is 2. The molecule has 1 aliphatic heterocycles. The standard InChI is InChI=1S/C16H10FNO4S/c17-11-3-1-2-9(6-11)7-14-15(19)12-8-10(16(20)21)4-5-13(12)18-23(14)22/h1-8,18H,(H,20,21)/b14-7+. The van der Waals surface area contributed by atoms with Crippen molar-refractivity contribution in [2.24, 2.45) is 0 Å². The molecule has 2 N–H and O–H groups in total. The summed E-state index contributed by atoms with van der Waals surface area (Å²) in [6.07, 6.45) is 1.32. The van der Waals surface area contributed by atoms with Gasteiger partial charge in [0.05, 0.1) is 11.3 Å². The summed E-state index contributed by atoms with van der Waals surface area (Å²) in [6, 6.07) is 9.46. The van der Waals surface area contributed by atoms with Gasteiger partial charge >= 0.3 is 5.97 Å². The first-order valence-corrected chi connectivity index (χ1v) is 7.68. The maximum atomic E-state index is 13.2. The first-order valence-electron chi connectivity index (χ1n) is 6.53. The highest BCUT2D eigenvalue weighted by atomic mass is 32.2. The lowest BCUT2D eigenvalue weighted by Crippen LogP contribution is -2.23. The van der Waals surface area contributed by atoms with Crippen molar-refractivity contribution in [1.82, 2.24) is 0 Å². The number of nitrogens with one attached hydrogen (secondary N) is 1. The molecule has 2 aromatic rings. The lowest BCUT2D eigenvalue weighted by atomic mass is 10.0. The summed E-state index contributed by atoms with van der Waals surface area (Å²) in [6.45, 7) is 0. The summed E-state index contributed by atoms with van der Waals surface area (Å²) < 4.78 is 28.0. The monoisotopic (exact) mass is 331 g/mol. The van der Waals surface area contributed by atoms with Crippen LogP contribution in [0.1, 0.15) is 26.3 Å². The third-order valence-electron chi connectivity index (χ3n) is 3.28. The lowest BCUT2D eigenvalue weighted by molar-refractivity contribution is 0.0697. The minimum Gasteiger partial charge on any atom is -0.478 e. The molecule has 0 amide bonds. The van der Waals surface area contributed by atoms with Crippen molar-refractivity contribution in [3.05, 3.63) is 69.9 Å². The molecule has 5 nitrogen and oxygen atoms in total. The molecule has 7 heteroatoms. The van der Waals surface area contributed by atoms with Gasteiger partial charge in [-0.1, -0.05) is 12.1 Å². The fourth-order valence-electron chi connectivity index (χ4n) is 2.19. The maximum Gasteiger partial charge on any atom is 0.335 e. The van der Waals surface area contributed by atoms with Gasteiger partial charge in [0.25, 0.3) is 0 Å². The maximum absolute atomic E-state index is 13.2. The second-order valence-electron chi connectivity index (χ2n) is 4.83. The Bertz CT molecular complexity index is 891. The van der Waals surface area contributed by atoms with Crippen LogP contribution >= 0.6 is 0 Å². The zero-order valence-electron chi connectivity index (χ0n) is 11.6. The van der Waals surface area contributed by atoms with E-state index in [9.17, 15) is 18.2 Å². The van der Waals surface area contributed by atoms with Crippen LogP contribution < -0.4 is 4.72 Å². The van der Waals surface area contributed by atoms with E-state index >= 15 is 0 Å². The van der Waals surface area contributed by atoms with Crippen molar-refractivity contribution in [3.8, 4) is 0 Å². The van der Waals surface area contributed by atoms with Gasteiger partial charge in [0.2, 0.25) is 5.78 Å². The number of carbonyl (C=O) groups is 2. The van der Waals surface area contributed by atoms with E-state index in [-0.39, 0.29) is 16.0 Å². The third kappa shape index (κ3) is 2.91. The molecular formula is C16H10FNO4S. The summed E-state index contributed by atoms with van der Waals surface area (Å²) in [5.74, 6) is -2.19. The quantitative estimate of drug-likeness (QED) is 0.829. The summed E-state index contributed by atoms with van der Waals surface area (Å²) in [5.41, 5.74) is 0.764. The average Bonchev–Trinajstić information content (AvgIpc) is 2.51. The molecule has 0 aliphatic carbocycles. The van der Waals surface area contributed by atoms with E-state index in [1.165, 1.54) is 42.5 Å². The fourth-order valence-corrected chi connectivity index (χ4v) is 3.20. The molecule has 0 radical (unpaired) electrons. The van der Waals surface area contributed by atoms with Crippen molar-refractivity contribution >= 4 is 34.5 Å². The van der Waals surface area contributed by atoms with Gasteiger partial charge < -0.3 is 9.83 Å². The van der Waals surface area contributed by atoms with Crippen molar-refractivity contribution < 1.29 is 23.3 Å². The number of carboxylic acids is 1. The Morgan fingerprint density at radius 3 is 2.70 bits per heavy atom. The Morgan fingerprint density at radius 2 is 2.00 bits per heavy atom. The number of aromatic carboxylic acids is 1. The van der Waals surface area contributed by atoms with Crippen molar-refractivity contribution in [2.75, 3.05) is 4.72 Å². The molecule has 0 spiro atoms. The first-order chi connectivity index (χ1) is 11.0. The molecule has 1 atom stereocenters. The molecule has 116 valence electrons. The highest BCUT2D eigenvalue weighted by molar-refractivity contribution is 7.91. The van der Waals surface area contributed by atoms with Crippen molar-refractivity contribution in [2.45, 2.75) is 0 Å². The first kappa shape index (κ1) is 15.1. The number of ketones is 1. The minimum atomic E-state index is -1.80. The van der Waals surface area contributed by atoms with Gasteiger partial charge in [-0.05, 0) is 42.0 Å². The van der Waals surface area contributed by atoms with Gasteiger partial charge in [-0.3, -0.25) is 4.79 Å². The Labute approximate surface area is 133 Å². The molecule has 3 rings (SSSR count). The van der Waals surface area contributed by atoms with Crippen LogP contribution in [0.25, 0.3) is 6.08 Å². The van der Waals surface area contributed by atoms with E-state index in [1.807, 2.05) is 0 Å². The number of fused-ring (bicyclic) bond motifs is 1. The minimum absolute atomic E-state index is 0.0447. The predicted molar refractivity (Wildman–Crippen MR) is 83.9 cm³/mol. The van der Waals surface area contributed by atoms with Crippen LogP contribution in [0.5, 0.6) is 0 Å². The van der Waals surface area contributed by atoms with Crippen LogP contribution in [0.4, 0.5) is 10.1 Å². The largest absolute Gasteiger partial charge is 0.478 e. The number of Topliss-reactive ketones (excluding diaryl/α,β-unsaturated/α-hetero) is 1. The Kier molecular flexibility index (Phi) is 3.79. The van der Waals surface area contributed by atoms with Crippen LogP contribution in [-0.4, -0.2) is 21.1 Å². The van der Waals surface area contributed by atoms with Crippen LogP contribution in [0, 0.1) is 5.82 Å². The Balaban J connectivity index is 2.08. The summed E-state index contributed by atoms with van der Waals surface area (Å²) in [5, 5.41) is 9.01. The molecule has 0 aromatic heterocycles. The molecule has 1 unspecified atom stereocenters. The average molecular weight is 331 g/mol. The zero-order chi connectivity index (χ0) is 16.6. The van der Waals surface area contributed by atoms with Crippen LogP contribution in [-0.2, 0) is 11.0 Å². The van der Waals surface area contributed by atoms with E-state index in [4.69, 9.17) is 5.11 Å². The van der Waals surface area contributed by atoms with Gasteiger partial charge in [0.15, 0.2) is 11.0 Å². The Hall–Kier alpha value is -2.80. The summed E-state index contributed by atoms with van der Waals surface area (Å²) in [4.78, 5) is 23.5. The van der Waals surface area contributed by atoms with Gasteiger partial charge in [-0.15, -0.1) is 0 Å². The number of allylic oxidation sites excluding steroid dienone is 1. The fraction of sp³-hybridized carbons (Fsp3) is 0. The van der Waals surface area contributed by atoms with Crippen LogP contribution in [0.15, 0.2) is 47.4 Å². The third-order valence-corrected chi connectivity index (χ3v) is 4.39. The highest BCUT2D eigenvalue weighted by Crippen LogP contribution is 2.29. The second-order valence-corrected chi connectivity index (χ2v) is 6.01. The van der Waals surface area contributed by atoms with E-state index in [2.05, 4.69) is 4.72 Å². The highest BCUT2D eigenvalue weighted by Gasteiger charge is 2.28. The van der Waals surface area contributed by atoms with E-state index in [0.29, 0.717) is 11.3 Å². The van der Waals surface area contributed by atoms with Gasteiger partial charge in [0, 0.05) is 5.56 Å². The SMILES string of the molecule is O=C(O)c1ccc2c(c1)C(=O)/C(=C\c1cccc(F)c1)S(=O)N2. The molecule has 0 saturated carbocycles. The number of hydrogen-bond acceptors (Lipinski definition) is 3. The smallest absolute Gasteiger partial charge is 0.335 e. The van der Waals surface area contributed by atoms with Crippen LogP contribution in [0.3, 0.4) is 0 Å². The van der Waals surface area contributed by atoms with E-state index < -0.39 is 28.6 Å². The van der Waals surface area contributed by atoms with E-state index in [1.54, 1.807) is 6.07 Å². The van der Waals surface area contributed by atoms with Gasteiger partial charge in [-0.25, -0.2) is 13.4 Å². The van der Waals surface area contributed by atoms with E-state index in [0.717, 1.165) is 0 Å². The lowest BCUT2D eigenvalue weighted by Gasteiger charge is -2.19. The molecule has 1 heterocycles. The normalized spacial score (nSPS) is 18.4. The predicted octanol–water partition coefficient (Wildman–Crippen LogP) is 2.84. The van der Waals surface area contributed by atoms with Gasteiger partial charge in [0.1, 0.15) is 10.7 Å². The van der Waals surface area contributed by atoms with Crippen LogP contribution in [0.2, 0.25) is 0 Å². The summed E-state index contributed by atoms with van der Waals surface area (Å²) >= 11 is 0. The molecule has 0 saturated heterocycles. The number of hydrogen-bond donors (Lipinski definition) is 2. The van der Waals surface area contributed by atoms with Crippen molar-refractivity contribution in [3.63, 3.8) is 0 Å². The number of rotatable bonds is 2. The van der Waals surface area contributed by atoms with Gasteiger partial charge in [-0.2, -0.15) is 0 Å². The molecule has 23 heavy (non-hydrogen) atoms. The topological polar surface area (TPSA) is 83.5 Å². The molecule has 0 fully saturated rings. The molecule has 1 aliphatic rings. The Morgan fingerprint density at radius 1 is 1.22 bits per heavy atom. The zero-order valence-corrected chi connectivity index (χ0v) is 12.4. The molecule has 0 bridgehead atoms. The number of anilines is 1. The molecule has 2 aromatic carbocycles. The number of carbonyl (C=O) groups excluding carboxylic acids is 1. The number of halogens is 1. The van der Waals surface area contributed by atoms with Crippen molar-refractivity contribution in [1.29, 1.82) is 0 Å².